The molecule has 9 heteroatoms. The lowest BCUT2D eigenvalue weighted by Gasteiger charge is -2.16. The Kier molecular flexibility index (Phi) is 7.33. The first-order valence-electron chi connectivity index (χ1n) is 9.58. The van der Waals surface area contributed by atoms with Gasteiger partial charge in [-0.15, -0.1) is 10.2 Å². The normalized spacial score (nSPS) is 11.9. The fourth-order valence-corrected chi connectivity index (χ4v) is 3.94. The number of amides is 1. The van der Waals surface area contributed by atoms with Crippen molar-refractivity contribution in [3.05, 3.63) is 58.5 Å². The van der Waals surface area contributed by atoms with E-state index in [1.54, 1.807) is 12.1 Å². The van der Waals surface area contributed by atoms with Crippen molar-refractivity contribution in [2.45, 2.75) is 45.5 Å². The lowest BCUT2D eigenvalue weighted by Crippen LogP contribution is -2.16. The number of ether oxygens (including phenoxy) is 1. The number of hydrogen-bond acceptors (Lipinski definition) is 6. The number of anilines is 1. The SMILES string of the molecule is CCn1c(SCC(=O)Nc2ccc(Cl)cn2)nnc1C(C)Oc1cc(C)cc(C)c1. The van der Waals surface area contributed by atoms with Crippen LogP contribution < -0.4 is 10.1 Å². The predicted octanol–water partition coefficient (Wildman–Crippen LogP) is 4.83. The van der Waals surface area contributed by atoms with Gasteiger partial charge in [0.1, 0.15) is 11.6 Å². The van der Waals surface area contributed by atoms with Crippen LogP contribution in [0.25, 0.3) is 0 Å². The van der Waals surface area contributed by atoms with Gasteiger partial charge in [-0.2, -0.15) is 0 Å². The number of pyridine rings is 1. The van der Waals surface area contributed by atoms with E-state index in [-0.39, 0.29) is 17.8 Å². The molecule has 1 atom stereocenters. The van der Waals surface area contributed by atoms with E-state index in [4.69, 9.17) is 16.3 Å². The molecule has 0 bridgehead atoms. The summed E-state index contributed by atoms with van der Waals surface area (Å²) in [4.78, 5) is 16.3. The third-order valence-corrected chi connectivity index (χ3v) is 5.45. The first-order valence-corrected chi connectivity index (χ1v) is 10.9. The van der Waals surface area contributed by atoms with Gasteiger partial charge in [0.2, 0.25) is 5.91 Å². The number of aromatic nitrogens is 4. The van der Waals surface area contributed by atoms with Gasteiger partial charge in [0.25, 0.3) is 0 Å². The first-order chi connectivity index (χ1) is 14.4. The van der Waals surface area contributed by atoms with E-state index in [2.05, 4.69) is 26.6 Å². The summed E-state index contributed by atoms with van der Waals surface area (Å²) >= 11 is 7.13. The number of nitrogens with zero attached hydrogens (tertiary/aromatic N) is 4. The highest BCUT2D eigenvalue weighted by molar-refractivity contribution is 7.99. The molecule has 0 aliphatic carbocycles. The van der Waals surface area contributed by atoms with Crippen molar-refractivity contribution in [3.8, 4) is 5.75 Å². The first kappa shape index (κ1) is 22.1. The second-order valence-electron chi connectivity index (χ2n) is 6.87. The largest absolute Gasteiger partial charge is 0.483 e. The second-order valence-corrected chi connectivity index (χ2v) is 8.25. The zero-order valence-corrected chi connectivity index (χ0v) is 18.9. The van der Waals surface area contributed by atoms with E-state index in [1.165, 1.54) is 18.0 Å². The molecule has 2 aromatic heterocycles. The molecule has 0 spiro atoms. The maximum atomic E-state index is 12.2. The molecule has 158 valence electrons. The number of carbonyl (C=O) groups is 1. The van der Waals surface area contributed by atoms with Crippen LogP contribution >= 0.6 is 23.4 Å². The van der Waals surface area contributed by atoms with Gasteiger partial charge < -0.3 is 14.6 Å². The minimum Gasteiger partial charge on any atom is -0.483 e. The standard InChI is InChI=1S/C21H24ClN5O2S/c1-5-27-20(15(4)29-17-9-13(2)8-14(3)10-17)25-26-21(27)30-12-19(28)24-18-7-6-16(22)11-23-18/h6-11,15H,5,12H2,1-4H3,(H,23,24,28). The topological polar surface area (TPSA) is 81.9 Å². The molecule has 0 fully saturated rings. The van der Waals surface area contributed by atoms with Crippen LogP contribution in [0.5, 0.6) is 5.75 Å². The van der Waals surface area contributed by atoms with E-state index in [0.717, 1.165) is 22.7 Å². The maximum Gasteiger partial charge on any atom is 0.236 e. The summed E-state index contributed by atoms with van der Waals surface area (Å²) in [5, 5.41) is 12.5. The zero-order valence-electron chi connectivity index (χ0n) is 17.3. The minimum absolute atomic E-state index is 0.179. The van der Waals surface area contributed by atoms with Gasteiger partial charge >= 0.3 is 0 Å². The Labute approximate surface area is 185 Å². The Morgan fingerprint density at radius 3 is 2.60 bits per heavy atom. The number of carbonyl (C=O) groups excluding carboxylic acids is 1. The van der Waals surface area contributed by atoms with E-state index in [9.17, 15) is 4.79 Å². The van der Waals surface area contributed by atoms with Crippen molar-refractivity contribution in [3.63, 3.8) is 0 Å². The van der Waals surface area contributed by atoms with Crippen molar-refractivity contribution in [1.82, 2.24) is 19.7 Å². The van der Waals surface area contributed by atoms with Gasteiger partial charge in [-0.3, -0.25) is 4.79 Å². The molecule has 0 aliphatic rings. The summed E-state index contributed by atoms with van der Waals surface area (Å²) in [6, 6.07) is 9.44. The van der Waals surface area contributed by atoms with Crippen LogP contribution in [-0.4, -0.2) is 31.4 Å². The van der Waals surface area contributed by atoms with Gasteiger partial charge in [0, 0.05) is 12.7 Å². The van der Waals surface area contributed by atoms with Crippen molar-refractivity contribution in [2.24, 2.45) is 0 Å². The van der Waals surface area contributed by atoms with E-state index in [0.29, 0.717) is 22.5 Å². The third-order valence-electron chi connectivity index (χ3n) is 4.26. The number of thioether (sulfide) groups is 1. The summed E-state index contributed by atoms with van der Waals surface area (Å²) in [6.45, 7) is 8.71. The van der Waals surface area contributed by atoms with Gasteiger partial charge in [0.15, 0.2) is 17.1 Å². The number of aryl methyl sites for hydroxylation is 2. The van der Waals surface area contributed by atoms with Gasteiger partial charge in [-0.25, -0.2) is 4.98 Å². The second kappa shape index (κ2) is 9.95. The number of hydrogen-bond donors (Lipinski definition) is 1. The molecule has 1 N–H and O–H groups in total. The Morgan fingerprint density at radius 2 is 1.97 bits per heavy atom. The average Bonchev–Trinajstić information content (AvgIpc) is 3.10. The molecule has 0 radical (unpaired) electrons. The number of nitrogens with one attached hydrogen (secondary N) is 1. The fourth-order valence-electron chi connectivity index (χ4n) is 3.02. The van der Waals surface area contributed by atoms with Crippen molar-refractivity contribution in [2.75, 3.05) is 11.1 Å². The molecular weight excluding hydrogens is 422 g/mol. The van der Waals surface area contributed by atoms with Crippen LogP contribution in [0.3, 0.4) is 0 Å². The van der Waals surface area contributed by atoms with Crippen molar-refractivity contribution < 1.29 is 9.53 Å². The predicted molar refractivity (Wildman–Crippen MR) is 119 cm³/mol. The lowest BCUT2D eigenvalue weighted by atomic mass is 10.1. The van der Waals surface area contributed by atoms with Crippen LogP contribution in [0.2, 0.25) is 5.02 Å². The van der Waals surface area contributed by atoms with E-state index < -0.39 is 0 Å². The molecule has 1 amide bonds. The molecule has 0 aliphatic heterocycles. The molecule has 2 heterocycles. The summed E-state index contributed by atoms with van der Waals surface area (Å²) in [5.74, 6) is 1.99. The summed E-state index contributed by atoms with van der Waals surface area (Å²) < 4.78 is 8.07. The quantitative estimate of drug-likeness (QED) is 0.500. The summed E-state index contributed by atoms with van der Waals surface area (Å²) in [5.41, 5.74) is 2.29. The smallest absolute Gasteiger partial charge is 0.236 e. The molecule has 0 saturated heterocycles. The van der Waals surface area contributed by atoms with Crippen LogP contribution in [0.1, 0.15) is 36.9 Å². The Hall–Kier alpha value is -2.58. The molecule has 7 nitrogen and oxygen atoms in total. The maximum absolute atomic E-state index is 12.2. The molecule has 1 unspecified atom stereocenters. The number of benzene rings is 1. The van der Waals surface area contributed by atoms with Gasteiger partial charge in [-0.1, -0.05) is 29.4 Å². The van der Waals surface area contributed by atoms with Crippen LogP contribution in [0, 0.1) is 13.8 Å². The summed E-state index contributed by atoms with van der Waals surface area (Å²) in [6.07, 6.45) is 1.21. The monoisotopic (exact) mass is 445 g/mol. The molecule has 30 heavy (non-hydrogen) atoms. The number of halogens is 1. The van der Waals surface area contributed by atoms with Crippen molar-refractivity contribution >= 4 is 35.1 Å². The molecule has 3 aromatic rings. The molecule has 1 aromatic carbocycles. The Bertz CT molecular complexity index is 1000. The summed E-state index contributed by atoms with van der Waals surface area (Å²) in [7, 11) is 0. The Balaban J connectivity index is 1.64. The van der Waals surface area contributed by atoms with Crippen LogP contribution in [-0.2, 0) is 11.3 Å². The van der Waals surface area contributed by atoms with Crippen LogP contribution in [0.15, 0.2) is 41.7 Å². The van der Waals surface area contributed by atoms with Crippen molar-refractivity contribution in [1.29, 1.82) is 0 Å². The van der Waals surface area contributed by atoms with Gasteiger partial charge in [-0.05, 0) is 63.1 Å². The zero-order chi connectivity index (χ0) is 21.7. The molecule has 0 saturated carbocycles. The lowest BCUT2D eigenvalue weighted by molar-refractivity contribution is -0.113. The van der Waals surface area contributed by atoms with Gasteiger partial charge in [0.05, 0.1) is 10.8 Å². The number of rotatable bonds is 8. The van der Waals surface area contributed by atoms with E-state index in [1.807, 2.05) is 44.4 Å². The fraction of sp³-hybridized carbons (Fsp3) is 0.333. The molecular formula is C21H24ClN5O2S. The van der Waals surface area contributed by atoms with Crippen LogP contribution in [0.4, 0.5) is 5.82 Å². The average molecular weight is 446 g/mol. The highest BCUT2D eigenvalue weighted by Gasteiger charge is 2.19. The molecule has 3 rings (SSSR count). The highest BCUT2D eigenvalue weighted by atomic mass is 35.5. The minimum atomic E-state index is -0.278. The van der Waals surface area contributed by atoms with E-state index >= 15 is 0 Å². The third kappa shape index (κ3) is 5.73. The highest BCUT2D eigenvalue weighted by Crippen LogP contribution is 2.26. The Morgan fingerprint density at radius 1 is 1.23 bits per heavy atom.